The van der Waals surface area contributed by atoms with Crippen LogP contribution in [0, 0.1) is 11.3 Å². The van der Waals surface area contributed by atoms with Gasteiger partial charge >= 0.3 is 7.75 Å². The number of carbonyl (C=O) groups excluding carboxylic acids is 2. The number of carbonyl (C=O) groups is 2. The van der Waals surface area contributed by atoms with Gasteiger partial charge in [0.1, 0.15) is 24.1 Å². The molecule has 4 atom stereocenters. The van der Waals surface area contributed by atoms with Gasteiger partial charge in [0.25, 0.3) is 0 Å². The lowest BCUT2D eigenvalue weighted by Gasteiger charge is -2.26. The Morgan fingerprint density at radius 1 is 1.43 bits per heavy atom. The third-order valence-corrected chi connectivity index (χ3v) is 6.04. The van der Waals surface area contributed by atoms with Crippen molar-refractivity contribution in [3.8, 4) is 0 Å². The molecule has 3 N–H and O–H groups in total. The molecular weight excluding hydrogens is 411 g/mol. The fourth-order valence-corrected chi connectivity index (χ4v) is 4.42. The Morgan fingerprint density at radius 3 is 2.90 bits per heavy atom. The fourth-order valence-electron chi connectivity index (χ4n) is 3.14. The van der Waals surface area contributed by atoms with Crippen LogP contribution in [0.1, 0.15) is 26.2 Å². The number of nitrogens with one attached hydrogen (secondary N) is 3. The molecule has 1 aliphatic carbocycles. The van der Waals surface area contributed by atoms with Crippen LogP contribution in [0.4, 0.5) is 0 Å². The zero-order valence-corrected chi connectivity index (χ0v) is 18.0. The van der Waals surface area contributed by atoms with Gasteiger partial charge in [-0.15, -0.1) is 0 Å². The van der Waals surface area contributed by atoms with E-state index in [2.05, 4.69) is 10.4 Å². The smallest absolute Gasteiger partial charge is 0.414 e. The lowest BCUT2D eigenvalue weighted by Crippen LogP contribution is -2.32. The van der Waals surface area contributed by atoms with Crippen molar-refractivity contribution >= 4 is 26.3 Å². The predicted octanol–water partition coefficient (Wildman–Crippen LogP) is 2.07. The second kappa shape index (κ2) is 11.8. The molecule has 0 spiro atoms. The number of ether oxygens (including phenoxy) is 1. The molecule has 4 unspecified atom stereocenters. The number of hydrogen-bond acceptors (Lipinski definition) is 8. The van der Waals surface area contributed by atoms with Gasteiger partial charge in [0.05, 0.1) is 19.3 Å². The molecule has 10 nitrogen and oxygen atoms in total. The number of aldehydes is 1. The van der Waals surface area contributed by atoms with Gasteiger partial charge in [-0.25, -0.2) is 9.65 Å². The Balaban J connectivity index is 1.92. The van der Waals surface area contributed by atoms with Gasteiger partial charge in [0.2, 0.25) is 6.41 Å². The highest BCUT2D eigenvalue weighted by Gasteiger charge is 2.36. The van der Waals surface area contributed by atoms with Crippen LogP contribution in [0.15, 0.2) is 36.3 Å². The van der Waals surface area contributed by atoms with Crippen LogP contribution in [0.3, 0.4) is 0 Å². The molecule has 30 heavy (non-hydrogen) atoms. The second-order valence-electron chi connectivity index (χ2n) is 7.02. The number of hydrogen-bond donors (Lipinski definition) is 3. The summed E-state index contributed by atoms with van der Waals surface area (Å²) >= 11 is 0. The predicted molar refractivity (Wildman–Crippen MR) is 111 cm³/mol. The summed E-state index contributed by atoms with van der Waals surface area (Å²) in [5.41, 5.74) is 0. The number of allylic oxidation sites excluding steroid dienone is 3. The molecule has 1 saturated heterocycles. The quantitative estimate of drug-likeness (QED) is 0.182. The molecule has 0 saturated carbocycles. The second-order valence-corrected chi connectivity index (χ2v) is 8.77. The summed E-state index contributed by atoms with van der Waals surface area (Å²) in [5, 5.41) is 12.3. The van der Waals surface area contributed by atoms with Crippen molar-refractivity contribution < 1.29 is 27.9 Å². The lowest BCUT2D eigenvalue weighted by atomic mass is 10.1. The van der Waals surface area contributed by atoms with Crippen LogP contribution in [0.2, 0.25) is 0 Å². The summed E-state index contributed by atoms with van der Waals surface area (Å²) in [5.74, 6) is 0.555. The molecule has 0 radical (unpaired) electrons. The van der Waals surface area contributed by atoms with Crippen molar-refractivity contribution in [2.75, 3.05) is 20.2 Å². The largest absolute Gasteiger partial charge is 0.459 e. The summed E-state index contributed by atoms with van der Waals surface area (Å²) in [7, 11) is -1.93. The minimum absolute atomic E-state index is 0.0288. The average Bonchev–Trinajstić information content (AvgIpc) is 3.11. The van der Waals surface area contributed by atoms with E-state index in [1.165, 1.54) is 6.08 Å². The van der Waals surface area contributed by atoms with Crippen LogP contribution < -0.4 is 10.4 Å². The highest BCUT2D eigenvalue weighted by molar-refractivity contribution is 7.51. The summed E-state index contributed by atoms with van der Waals surface area (Å²) in [6, 6.07) is 0. The van der Waals surface area contributed by atoms with E-state index >= 15 is 0 Å². The molecule has 1 amide bonds. The SMILES string of the molecule is CC1CC(COP(=O)(NCC=O)OC2=CCCC=C2)OC1N(C)/C=C\C(=N)NC=O. The molecule has 11 heteroatoms. The van der Waals surface area contributed by atoms with E-state index in [0.717, 1.165) is 12.8 Å². The summed E-state index contributed by atoms with van der Waals surface area (Å²) < 4.78 is 30.1. The van der Waals surface area contributed by atoms with Gasteiger partial charge in [-0.2, -0.15) is 0 Å². The van der Waals surface area contributed by atoms with E-state index in [4.69, 9.17) is 19.2 Å². The Labute approximate surface area is 176 Å². The van der Waals surface area contributed by atoms with Crippen molar-refractivity contribution in [3.05, 3.63) is 36.3 Å². The van der Waals surface area contributed by atoms with Gasteiger partial charge in [0, 0.05) is 19.2 Å². The highest BCUT2D eigenvalue weighted by atomic mass is 31.2. The first-order valence-electron chi connectivity index (χ1n) is 9.71. The topological polar surface area (TPSA) is 130 Å². The molecule has 0 aromatic heterocycles. The van der Waals surface area contributed by atoms with E-state index in [1.54, 1.807) is 24.2 Å². The minimum Gasteiger partial charge on any atom is -0.414 e. The van der Waals surface area contributed by atoms with Crippen molar-refractivity contribution in [1.82, 2.24) is 15.3 Å². The number of nitrogens with zero attached hydrogens (tertiary/aromatic N) is 1. The standard InChI is InChI=1S/C19H29N4O6P/c1-15-12-17(28-19(15)23(2)10-8-18(20)21-14-25)13-27-30(26,22-9-11-24)29-16-6-4-3-5-7-16/h4,6-8,10-11,14-15,17,19H,3,5,9,12-13H2,1-2H3,(H,22,26)(H2,20,21,25)/b10-8-. The maximum Gasteiger partial charge on any atom is 0.459 e. The molecule has 1 fully saturated rings. The fraction of sp³-hybridized carbons (Fsp3) is 0.526. The number of amidine groups is 1. The molecule has 2 aliphatic rings. The van der Waals surface area contributed by atoms with Gasteiger partial charge in [-0.3, -0.25) is 14.7 Å². The van der Waals surface area contributed by atoms with E-state index in [-0.39, 0.29) is 37.2 Å². The van der Waals surface area contributed by atoms with Gasteiger partial charge < -0.3 is 24.3 Å². The molecule has 1 heterocycles. The van der Waals surface area contributed by atoms with Gasteiger partial charge in [-0.1, -0.05) is 13.0 Å². The van der Waals surface area contributed by atoms with Crippen molar-refractivity contribution in [1.29, 1.82) is 5.41 Å². The first-order valence-corrected chi connectivity index (χ1v) is 11.2. The molecule has 2 rings (SSSR count). The van der Waals surface area contributed by atoms with E-state index in [0.29, 0.717) is 24.9 Å². The van der Waals surface area contributed by atoms with Crippen LogP contribution >= 0.6 is 7.75 Å². The normalized spacial score (nSPS) is 25.4. The number of rotatable bonds is 12. The van der Waals surface area contributed by atoms with Gasteiger partial charge in [0.15, 0.2) is 0 Å². The molecule has 0 bridgehead atoms. The third kappa shape index (κ3) is 7.53. The maximum atomic E-state index is 13.0. The van der Waals surface area contributed by atoms with Crippen LogP contribution in [-0.2, 0) is 27.9 Å². The van der Waals surface area contributed by atoms with Crippen LogP contribution in [0.25, 0.3) is 0 Å². The summed E-state index contributed by atoms with van der Waals surface area (Å²) in [4.78, 5) is 22.9. The Morgan fingerprint density at radius 2 is 2.23 bits per heavy atom. The molecule has 0 aromatic rings. The molecule has 0 aromatic carbocycles. The third-order valence-electron chi connectivity index (χ3n) is 4.53. The monoisotopic (exact) mass is 440 g/mol. The highest BCUT2D eigenvalue weighted by Crippen LogP contribution is 2.47. The summed E-state index contributed by atoms with van der Waals surface area (Å²) in [6.45, 7) is 1.89. The molecular formula is C19H29N4O6P. The Kier molecular flexibility index (Phi) is 9.45. The number of amides is 1. The first kappa shape index (κ1) is 24.0. The van der Waals surface area contributed by atoms with Crippen molar-refractivity contribution in [2.45, 2.75) is 38.5 Å². The molecule has 166 valence electrons. The Bertz CT molecular complexity index is 753. The van der Waals surface area contributed by atoms with Crippen LogP contribution in [-0.4, -0.2) is 56.0 Å². The first-order chi connectivity index (χ1) is 14.4. The van der Waals surface area contributed by atoms with Crippen molar-refractivity contribution in [2.24, 2.45) is 5.92 Å². The minimum atomic E-state index is -3.73. The maximum absolute atomic E-state index is 13.0. The zero-order chi connectivity index (χ0) is 22.0. The van der Waals surface area contributed by atoms with E-state index in [9.17, 15) is 14.2 Å². The average molecular weight is 440 g/mol. The van der Waals surface area contributed by atoms with Gasteiger partial charge in [-0.05, 0) is 37.5 Å². The molecule has 1 aliphatic heterocycles. The van der Waals surface area contributed by atoms with E-state index < -0.39 is 7.75 Å². The summed E-state index contributed by atoms with van der Waals surface area (Å²) in [6.07, 6.45) is 11.3. The lowest BCUT2D eigenvalue weighted by molar-refractivity contribution is -0.108. The van der Waals surface area contributed by atoms with E-state index in [1.807, 2.05) is 19.1 Å². The van der Waals surface area contributed by atoms with Crippen molar-refractivity contribution in [3.63, 3.8) is 0 Å². The zero-order valence-electron chi connectivity index (χ0n) is 17.2. The Hall–Kier alpha value is -2.26. The van der Waals surface area contributed by atoms with Crippen LogP contribution in [0.5, 0.6) is 0 Å².